The molecule has 4 nitrogen and oxygen atoms in total. The van der Waals surface area contributed by atoms with Gasteiger partial charge in [-0.3, -0.25) is 9.36 Å². The van der Waals surface area contributed by atoms with Crippen molar-refractivity contribution >= 4 is 32.8 Å². The molecule has 0 atom stereocenters. The lowest BCUT2D eigenvalue weighted by atomic mass is 9.92. The maximum atomic E-state index is 12.4. The van der Waals surface area contributed by atoms with E-state index >= 15 is 0 Å². The first-order valence-electron chi connectivity index (χ1n) is 5.90. The maximum absolute atomic E-state index is 12.4. The SMILES string of the molecule is CC1(C)CNc2nc3cc(Br)ccc3c(=O)n2C1. The molecule has 1 aliphatic rings. The average Bonchev–Trinajstić information content (AvgIpc) is 2.30. The molecule has 0 spiro atoms. The van der Waals surface area contributed by atoms with E-state index in [-0.39, 0.29) is 11.0 Å². The lowest BCUT2D eigenvalue weighted by Gasteiger charge is -2.32. The predicted molar refractivity (Wildman–Crippen MR) is 76.0 cm³/mol. The normalized spacial score (nSPS) is 17.3. The minimum Gasteiger partial charge on any atom is -0.355 e. The van der Waals surface area contributed by atoms with Crippen molar-refractivity contribution in [3.05, 3.63) is 33.0 Å². The minimum atomic E-state index is 0.0303. The molecule has 2 heterocycles. The average molecular weight is 308 g/mol. The van der Waals surface area contributed by atoms with Gasteiger partial charge < -0.3 is 5.32 Å². The Bertz CT molecular complexity index is 690. The van der Waals surface area contributed by atoms with E-state index in [0.717, 1.165) is 16.5 Å². The first kappa shape index (κ1) is 11.7. The van der Waals surface area contributed by atoms with Gasteiger partial charge in [-0.15, -0.1) is 0 Å². The van der Waals surface area contributed by atoms with Crippen LogP contribution in [0.3, 0.4) is 0 Å². The number of hydrogen-bond acceptors (Lipinski definition) is 3. The van der Waals surface area contributed by atoms with Crippen LogP contribution in [-0.4, -0.2) is 16.1 Å². The smallest absolute Gasteiger partial charge is 0.262 e. The first-order valence-corrected chi connectivity index (χ1v) is 6.70. The molecule has 0 unspecified atom stereocenters. The number of benzene rings is 1. The Morgan fingerprint density at radius 1 is 1.44 bits per heavy atom. The van der Waals surface area contributed by atoms with E-state index < -0.39 is 0 Å². The fourth-order valence-corrected chi connectivity index (χ4v) is 2.63. The van der Waals surface area contributed by atoms with Crippen molar-refractivity contribution in [3.8, 4) is 0 Å². The highest BCUT2D eigenvalue weighted by molar-refractivity contribution is 9.10. The molecule has 0 saturated carbocycles. The Hall–Kier alpha value is -1.36. The summed E-state index contributed by atoms with van der Waals surface area (Å²) >= 11 is 3.40. The van der Waals surface area contributed by atoms with Gasteiger partial charge in [0.15, 0.2) is 0 Å². The Kier molecular flexibility index (Phi) is 2.48. The van der Waals surface area contributed by atoms with Gasteiger partial charge in [-0.1, -0.05) is 29.8 Å². The van der Waals surface area contributed by atoms with Crippen molar-refractivity contribution in [1.82, 2.24) is 9.55 Å². The fraction of sp³-hybridized carbons (Fsp3) is 0.385. The van der Waals surface area contributed by atoms with Gasteiger partial charge in [0, 0.05) is 23.0 Å². The van der Waals surface area contributed by atoms with E-state index in [4.69, 9.17) is 0 Å². The maximum Gasteiger partial charge on any atom is 0.262 e. The van der Waals surface area contributed by atoms with E-state index in [0.29, 0.717) is 17.9 Å². The van der Waals surface area contributed by atoms with E-state index in [1.54, 1.807) is 4.57 Å². The van der Waals surface area contributed by atoms with Gasteiger partial charge in [-0.25, -0.2) is 4.98 Å². The van der Waals surface area contributed by atoms with Gasteiger partial charge in [-0.05, 0) is 18.2 Å². The predicted octanol–water partition coefficient (Wildman–Crippen LogP) is 2.61. The molecule has 0 aliphatic carbocycles. The highest BCUT2D eigenvalue weighted by Gasteiger charge is 2.27. The molecule has 0 amide bonds. The summed E-state index contributed by atoms with van der Waals surface area (Å²) in [6.45, 7) is 5.81. The molecule has 18 heavy (non-hydrogen) atoms. The molecule has 0 fully saturated rings. The second-order valence-electron chi connectivity index (χ2n) is 5.51. The summed E-state index contributed by atoms with van der Waals surface area (Å²) in [4.78, 5) is 17.0. The third-order valence-corrected chi connectivity index (χ3v) is 3.72. The summed E-state index contributed by atoms with van der Waals surface area (Å²) in [5, 5.41) is 3.91. The number of anilines is 1. The first-order chi connectivity index (χ1) is 8.46. The molecular formula is C13H14BrN3O. The van der Waals surface area contributed by atoms with Gasteiger partial charge in [-0.2, -0.15) is 0 Å². The highest BCUT2D eigenvalue weighted by Crippen LogP contribution is 2.26. The lowest BCUT2D eigenvalue weighted by molar-refractivity contribution is 0.303. The molecule has 1 aromatic carbocycles. The Morgan fingerprint density at radius 2 is 2.22 bits per heavy atom. The molecule has 94 valence electrons. The van der Waals surface area contributed by atoms with Gasteiger partial charge in [0.05, 0.1) is 10.9 Å². The zero-order valence-electron chi connectivity index (χ0n) is 10.3. The third-order valence-electron chi connectivity index (χ3n) is 3.23. The van der Waals surface area contributed by atoms with Gasteiger partial charge in [0.1, 0.15) is 0 Å². The van der Waals surface area contributed by atoms with E-state index in [1.807, 2.05) is 18.2 Å². The molecule has 3 rings (SSSR count). The number of rotatable bonds is 0. The zero-order chi connectivity index (χ0) is 12.9. The molecular weight excluding hydrogens is 294 g/mol. The highest BCUT2D eigenvalue weighted by atomic mass is 79.9. The van der Waals surface area contributed by atoms with Crippen LogP contribution >= 0.6 is 15.9 Å². The van der Waals surface area contributed by atoms with Crippen LogP contribution in [0.4, 0.5) is 5.95 Å². The van der Waals surface area contributed by atoms with Crippen LogP contribution in [0.25, 0.3) is 10.9 Å². The number of halogens is 1. The van der Waals surface area contributed by atoms with Crippen LogP contribution < -0.4 is 10.9 Å². The Balaban J connectivity index is 2.30. The summed E-state index contributed by atoms with van der Waals surface area (Å²) in [5.74, 6) is 0.671. The summed E-state index contributed by atoms with van der Waals surface area (Å²) in [7, 11) is 0. The Morgan fingerprint density at radius 3 is 3.00 bits per heavy atom. The van der Waals surface area contributed by atoms with E-state index in [2.05, 4.69) is 40.1 Å². The van der Waals surface area contributed by atoms with E-state index in [9.17, 15) is 4.79 Å². The monoisotopic (exact) mass is 307 g/mol. The Labute approximate surface area is 113 Å². The number of nitrogens with one attached hydrogen (secondary N) is 1. The van der Waals surface area contributed by atoms with Gasteiger partial charge in [0.2, 0.25) is 5.95 Å². The molecule has 5 heteroatoms. The van der Waals surface area contributed by atoms with Gasteiger partial charge in [0.25, 0.3) is 5.56 Å². The lowest BCUT2D eigenvalue weighted by Crippen LogP contribution is -2.40. The van der Waals surface area contributed by atoms with Crippen LogP contribution in [0.15, 0.2) is 27.5 Å². The second kappa shape index (κ2) is 3.82. The second-order valence-corrected chi connectivity index (χ2v) is 6.42. The van der Waals surface area contributed by atoms with Crippen molar-refractivity contribution in [1.29, 1.82) is 0 Å². The molecule has 0 radical (unpaired) electrons. The topological polar surface area (TPSA) is 46.9 Å². The van der Waals surface area contributed by atoms with Crippen LogP contribution in [0.2, 0.25) is 0 Å². The van der Waals surface area contributed by atoms with Crippen molar-refractivity contribution in [2.75, 3.05) is 11.9 Å². The standard InChI is InChI=1S/C13H14BrN3O/c1-13(2)6-15-12-16-10-5-8(14)3-4-9(10)11(18)17(12)7-13/h3-5H,6-7H2,1-2H3,(H,15,16). The zero-order valence-corrected chi connectivity index (χ0v) is 11.9. The number of hydrogen-bond donors (Lipinski definition) is 1. The van der Waals surface area contributed by atoms with Crippen LogP contribution in [0, 0.1) is 5.41 Å². The van der Waals surface area contributed by atoms with E-state index in [1.165, 1.54) is 0 Å². The van der Waals surface area contributed by atoms with Crippen molar-refractivity contribution in [3.63, 3.8) is 0 Å². The molecule has 2 aromatic rings. The summed E-state index contributed by atoms with van der Waals surface area (Å²) in [6.07, 6.45) is 0. The quantitative estimate of drug-likeness (QED) is 0.814. The molecule has 1 N–H and O–H groups in total. The number of nitrogens with zero attached hydrogens (tertiary/aromatic N) is 2. The summed E-state index contributed by atoms with van der Waals surface area (Å²) < 4.78 is 2.67. The van der Waals surface area contributed by atoms with Gasteiger partial charge >= 0.3 is 0 Å². The van der Waals surface area contributed by atoms with Crippen molar-refractivity contribution in [2.24, 2.45) is 5.41 Å². The molecule has 1 aliphatic heterocycles. The molecule has 1 aromatic heterocycles. The number of aromatic nitrogens is 2. The largest absolute Gasteiger partial charge is 0.355 e. The van der Waals surface area contributed by atoms with Crippen molar-refractivity contribution < 1.29 is 0 Å². The number of fused-ring (bicyclic) bond motifs is 2. The van der Waals surface area contributed by atoms with Crippen LogP contribution in [0.1, 0.15) is 13.8 Å². The molecule has 0 bridgehead atoms. The van der Waals surface area contributed by atoms with Crippen molar-refractivity contribution in [2.45, 2.75) is 20.4 Å². The summed E-state index contributed by atoms with van der Waals surface area (Å²) in [5.41, 5.74) is 0.831. The molecule has 0 saturated heterocycles. The minimum absolute atomic E-state index is 0.0303. The van der Waals surface area contributed by atoms with Crippen LogP contribution in [0.5, 0.6) is 0 Å². The fourth-order valence-electron chi connectivity index (χ4n) is 2.28. The third kappa shape index (κ3) is 1.82. The summed E-state index contributed by atoms with van der Waals surface area (Å²) in [6, 6.07) is 5.57. The van der Waals surface area contributed by atoms with Crippen LogP contribution in [-0.2, 0) is 6.54 Å².